The Kier molecular flexibility index (Phi) is 4.08. The highest BCUT2D eigenvalue weighted by atomic mass is 16.3. The molecule has 1 fully saturated rings. The third kappa shape index (κ3) is 2.87. The number of aliphatic hydroxyl groups excluding tert-OH is 1. The number of aromatic nitrogens is 1. The van der Waals surface area contributed by atoms with Crippen molar-refractivity contribution < 1.29 is 5.11 Å². The third-order valence-corrected chi connectivity index (χ3v) is 4.21. The molecule has 4 nitrogen and oxygen atoms in total. The smallest absolute Gasteiger partial charge is 0.129 e. The highest BCUT2D eigenvalue weighted by Crippen LogP contribution is 2.28. The molecule has 112 valence electrons. The molecule has 1 saturated heterocycles. The molecular formula is C17H23N3O. The minimum Gasteiger partial charge on any atom is -0.392 e. The zero-order chi connectivity index (χ0) is 14.8. The van der Waals surface area contributed by atoms with Gasteiger partial charge in [0, 0.05) is 24.5 Å². The summed E-state index contributed by atoms with van der Waals surface area (Å²) in [6, 6.07) is 10.6. The number of likely N-dealkylation sites (N-methyl/N-ethyl adjacent to an activating group) is 1. The number of pyridine rings is 1. The quantitative estimate of drug-likeness (QED) is 0.935. The Hall–Kier alpha value is -1.65. The van der Waals surface area contributed by atoms with Gasteiger partial charge in [-0.25, -0.2) is 4.98 Å². The van der Waals surface area contributed by atoms with Crippen molar-refractivity contribution in [3.63, 3.8) is 0 Å². The van der Waals surface area contributed by atoms with Gasteiger partial charge in [-0.3, -0.25) is 0 Å². The van der Waals surface area contributed by atoms with E-state index in [4.69, 9.17) is 4.98 Å². The van der Waals surface area contributed by atoms with Gasteiger partial charge in [0.1, 0.15) is 5.82 Å². The largest absolute Gasteiger partial charge is 0.392 e. The molecular weight excluding hydrogens is 262 g/mol. The SMILES string of the molecule is CN(C)CC1CCCN1c1cc(CO)c2ccccc2n1. The van der Waals surface area contributed by atoms with Crippen LogP contribution in [0, 0.1) is 0 Å². The average Bonchev–Trinajstić information content (AvgIpc) is 2.93. The molecule has 0 amide bonds. The summed E-state index contributed by atoms with van der Waals surface area (Å²) in [6.07, 6.45) is 2.42. The minimum absolute atomic E-state index is 0.0578. The van der Waals surface area contributed by atoms with E-state index in [0.29, 0.717) is 6.04 Å². The van der Waals surface area contributed by atoms with E-state index in [9.17, 15) is 5.11 Å². The normalized spacial score (nSPS) is 18.9. The van der Waals surface area contributed by atoms with Crippen molar-refractivity contribution in [2.45, 2.75) is 25.5 Å². The molecule has 1 aliphatic heterocycles. The van der Waals surface area contributed by atoms with Crippen molar-refractivity contribution in [1.82, 2.24) is 9.88 Å². The molecule has 1 atom stereocenters. The van der Waals surface area contributed by atoms with Crippen LogP contribution in [0.2, 0.25) is 0 Å². The Morgan fingerprint density at radius 3 is 2.90 bits per heavy atom. The predicted octanol–water partition coefficient (Wildman–Crippen LogP) is 2.26. The zero-order valence-corrected chi connectivity index (χ0v) is 12.8. The lowest BCUT2D eigenvalue weighted by molar-refractivity contribution is 0.283. The van der Waals surface area contributed by atoms with Gasteiger partial charge in [-0.05, 0) is 44.6 Å². The van der Waals surface area contributed by atoms with Crippen molar-refractivity contribution in [2.75, 3.05) is 32.1 Å². The Balaban J connectivity index is 1.99. The Bertz CT molecular complexity index is 626. The standard InChI is InChI=1S/C17H23N3O/c1-19(2)11-14-6-5-9-20(14)17-10-13(12-21)15-7-3-4-8-16(15)18-17/h3-4,7-8,10,14,21H,5-6,9,11-12H2,1-2H3. The number of benzene rings is 1. The second kappa shape index (κ2) is 6.00. The molecule has 1 unspecified atom stereocenters. The summed E-state index contributed by atoms with van der Waals surface area (Å²) in [4.78, 5) is 9.45. The second-order valence-corrected chi connectivity index (χ2v) is 6.07. The van der Waals surface area contributed by atoms with E-state index in [1.807, 2.05) is 24.3 Å². The molecule has 0 spiro atoms. The Labute approximate surface area is 126 Å². The molecule has 2 aromatic rings. The summed E-state index contributed by atoms with van der Waals surface area (Å²) in [6.45, 7) is 2.15. The van der Waals surface area contributed by atoms with Crippen LogP contribution in [0.5, 0.6) is 0 Å². The predicted molar refractivity (Wildman–Crippen MR) is 86.6 cm³/mol. The van der Waals surface area contributed by atoms with Crippen molar-refractivity contribution >= 4 is 16.7 Å². The monoisotopic (exact) mass is 285 g/mol. The number of fused-ring (bicyclic) bond motifs is 1. The number of hydrogen-bond acceptors (Lipinski definition) is 4. The molecule has 0 saturated carbocycles. The lowest BCUT2D eigenvalue weighted by Crippen LogP contribution is -2.38. The summed E-state index contributed by atoms with van der Waals surface area (Å²) in [5.41, 5.74) is 1.93. The van der Waals surface area contributed by atoms with Crippen LogP contribution in [-0.4, -0.2) is 48.2 Å². The first-order chi connectivity index (χ1) is 10.2. The maximum atomic E-state index is 9.66. The van der Waals surface area contributed by atoms with E-state index in [2.05, 4.69) is 30.0 Å². The van der Waals surface area contributed by atoms with Crippen LogP contribution in [-0.2, 0) is 6.61 Å². The fourth-order valence-corrected chi connectivity index (χ4v) is 3.26. The number of nitrogens with zero attached hydrogens (tertiary/aromatic N) is 3. The van der Waals surface area contributed by atoms with Crippen LogP contribution in [0.1, 0.15) is 18.4 Å². The maximum Gasteiger partial charge on any atom is 0.129 e. The number of rotatable bonds is 4. The van der Waals surface area contributed by atoms with Crippen LogP contribution in [0.25, 0.3) is 10.9 Å². The van der Waals surface area contributed by atoms with Crippen LogP contribution in [0.3, 0.4) is 0 Å². The third-order valence-electron chi connectivity index (χ3n) is 4.21. The van der Waals surface area contributed by atoms with E-state index < -0.39 is 0 Å². The van der Waals surface area contributed by atoms with Gasteiger partial charge in [-0.15, -0.1) is 0 Å². The lowest BCUT2D eigenvalue weighted by atomic mass is 10.1. The Morgan fingerprint density at radius 2 is 2.14 bits per heavy atom. The number of anilines is 1. The van der Waals surface area contributed by atoms with Gasteiger partial charge in [0.05, 0.1) is 12.1 Å². The maximum absolute atomic E-state index is 9.66. The molecule has 1 aromatic heterocycles. The van der Waals surface area contributed by atoms with Crippen LogP contribution < -0.4 is 4.90 Å². The van der Waals surface area contributed by atoms with E-state index in [1.165, 1.54) is 12.8 Å². The molecule has 1 aromatic carbocycles. The molecule has 0 bridgehead atoms. The molecule has 4 heteroatoms. The van der Waals surface area contributed by atoms with Gasteiger partial charge in [0.15, 0.2) is 0 Å². The zero-order valence-electron chi connectivity index (χ0n) is 12.8. The summed E-state index contributed by atoms with van der Waals surface area (Å²) >= 11 is 0. The first-order valence-electron chi connectivity index (χ1n) is 7.60. The molecule has 3 rings (SSSR count). The second-order valence-electron chi connectivity index (χ2n) is 6.07. The van der Waals surface area contributed by atoms with Crippen LogP contribution in [0.15, 0.2) is 30.3 Å². The Morgan fingerprint density at radius 1 is 1.33 bits per heavy atom. The molecule has 0 aliphatic carbocycles. The summed E-state index contributed by atoms with van der Waals surface area (Å²) in [5.74, 6) is 1.00. The van der Waals surface area contributed by atoms with Crippen LogP contribution in [0.4, 0.5) is 5.82 Å². The topological polar surface area (TPSA) is 39.6 Å². The molecule has 1 aliphatic rings. The lowest BCUT2D eigenvalue weighted by Gasteiger charge is -2.28. The minimum atomic E-state index is 0.0578. The molecule has 0 radical (unpaired) electrons. The van der Waals surface area contributed by atoms with Gasteiger partial charge in [-0.1, -0.05) is 18.2 Å². The number of para-hydroxylation sites is 1. The first kappa shape index (κ1) is 14.3. The van der Waals surface area contributed by atoms with Crippen molar-refractivity contribution in [3.05, 3.63) is 35.9 Å². The molecule has 1 N–H and O–H groups in total. The highest BCUT2D eigenvalue weighted by Gasteiger charge is 2.26. The van der Waals surface area contributed by atoms with Gasteiger partial charge in [-0.2, -0.15) is 0 Å². The molecule has 21 heavy (non-hydrogen) atoms. The first-order valence-corrected chi connectivity index (χ1v) is 7.60. The van der Waals surface area contributed by atoms with Gasteiger partial charge < -0.3 is 14.9 Å². The van der Waals surface area contributed by atoms with Gasteiger partial charge >= 0.3 is 0 Å². The van der Waals surface area contributed by atoms with Crippen molar-refractivity contribution in [2.24, 2.45) is 0 Å². The fourth-order valence-electron chi connectivity index (χ4n) is 3.26. The van der Waals surface area contributed by atoms with E-state index in [-0.39, 0.29) is 6.61 Å². The van der Waals surface area contributed by atoms with Gasteiger partial charge in [0.2, 0.25) is 0 Å². The van der Waals surface area contributed by atoms with Gasteiger partial charge in [0.25, 0.3) is 0 Å². The van der Waals surface area contributed by atoms with E-state index >= 15 is 0 Å². The van der Waals surface area contributed by atoms with E-state index in [0.717, 1.165) is 35.4 Å². The average molecular weight is 285 g/mol. The van der Waals surface area contributed by atoms with Crippen molar-refractivity contribution in [1.29, 1.82) is 0 Å². The summed E-state index contributed by atoms with van der Waals surface area (Å²) in [7, 11) is 4.23. The fraction of sp³-hybridized carbons (Fsp3) is 0.471. The highest BCUT2D eigenvalue weighted by molar-refractivity contribution is 5.84. The molecule has 2 heterocycles. The number of aliphatic hydroxyl groups is 1. The van der Waals surface area contributed by atoms with Crippen LogP contribution >= 0.6 is 0 Å². The summed E-state index contributed by atoms with van der Waals surface area (Å²) in [5, 5.41) is 10.7. The van der Waals surface area contributed by atoms with Crippen molar-refractivity contribution in [3.8, 4) is 0 Å². The number of hydrogen-bond donors (Lipinski definition) is 1. The summed E-state index contributed by atoms with van der Waals surface area (Å²) < 4.78 is 0. The van der Waals surface area contributed by atoms with E-state index in [1.54, 1.807) is 0 Å².